The van der Waals surface area contributed by atoms with Gasteiger partial charge in [0.05, 0.1) is 5.69 Å². The molecule has 4 nitrogen and oxygen atoms in total. The predicted octanol–water partition coefficient (Wildman–Crippen LogP) is 2.51. The first-order valence-corrected chi connectivity index (χ1v) is 7.70. The van der Waals surface area contributed by atoms with E-state index in [2.05, 4.69) is 4.72 Å². The lowest BCUT2D eigenvalue weighted by molar-refractivity contribution is 0.252. The summed E-state index contributed by atoms with van der Waals surface area (Å²) in [6.07, 6.45) is 0. The fourth-order valence-corrected chi connectivity index (χ4v) is 2.63. The molecule has 20 heavy (non-hydrogen) atoms. The third kappa shape index (κ3) is 3.67. The fraction of sp³-hybridized carbons (Fsp3) is 0.538. The number of benzene rings is 1. The SMILES string of the molecule is CC(C)C(C)(C)CNS(=O)(=O)c1cc(N)c(F)cc1F. The normalized spacial score (nSPS) is 12.9. The summed E-state index contributed by atoms with van der Waals surface area (Å²) in [5.74, 6) is -1.91. The average molecular weight is 306 g/mol. The van der Waals surface area contributed by atoms with Gasteiger partial charge in [-0.05, 0) is 17.4 Å². The van der Waals surface area contributed by atoms with E-state index in [1.54, 1.807) is 0 Å². The van der Waals surface area contributed by atoms with Crippen molar-refractivity contribution >= 4 is 15.7 Å². The lowest BCUT2D eigenvalue weighted by atomic mass is 9.81. The molecule has 0 saturated carbocycles. The van der Waals surface area contributed by atoms with Crippen molar-refractivity contribution in [2.45, 2.75) is 32.6 Å². The maximum absolute atomic E-state index is 13.6. The monoisotopic (exact) mass is 306 g/mol. The van der Waals surface area contributed by atoms with Crippen molar-refractivity contribution in [3.8, 4) is 0 Å². The molecule has 1 rings (SSSR count). The molecule has 1 aromatic rings. The Bertz CT molecular complexity index is 599. The first-order chi connectivity index (χ1) is 8.97. The van der Waals surface area contributed by atoms with Crippen molar-refractivity contribution < 1.29 is 17.2 Å². The van der Waals surface area contributed by atoms with E-state index in [0.29, 0.717) is 6.07 Å². The van der Waals surface area contributed by atoms with Gasteiger partial charge in [0.1, 0.15) is 16.5 Å². The molecule has 0 heterocycles. The van der Waals surface area contributed by atoms with Gasteiger partial charge >= 0.3 is 0 Å². The highest BCUT2D eigenvalue weighted by atomic mass is 32.2. The van der Waals surface area contributed by atoms with Gasteiger partial charge in [-0.1, -0.05) is 27.7 Å². The largest absolute Gasteiger partial charge is 0.396 e. The van der Waals surface area contributed by atoms with E-state index in [1.807, 2.05) is 27.7 Å². The minimum absolute atomic E-state index is 0.143. The lowest BCUT2D eigenvalue weighted by Gasteiger charge is -2.29. The quantitative estimate of drug-likeness (QED) is 0.821. The number of rotatable bonds is 5. The van der Waals surface area contributed by atoms with Crippen LogP contribution in [0, 0.1) is 23.0 Å². The number of hydrogen-bond acceptors (Lipinski definition) is 3. The topological polar surface area (TPSA) is 72.2 Å². The minimum atomic E-state index is -4.07. The number of hydrogen-bond donors (Lipinski definition) is 2. The molecule has 0 spiro atoms. The predicted molar refractivity (Wildman–Crippen MR) is 74.6 cm³/mol. The standard InChI is InChI=1S/C13H20F2N2O2S/c1-8(2)13(3,4)7-17-20(18,19)12-6-11(16)9(14)5-10(12)15/h5-6,8,17H,7,16H2,1-4H3. The highest BCUT2D eigenvalue weighted by Gasteiger charge is 2.27. The minimum Gasteiger partial charge on any atom is -0.396 e. The molecular weight excluding hydrogens is 286 g/mol. The van der Waals surface area contributed by atoms with Crippen LogP contribution < -0.4 is 10.5 Å². The molecule has 1 aromatic carbocycles. The number of sulfonamides is 1. The molecule has 0 radical (unpaired) electrons. The molecule has 0 aliphatic heterocycles. The van der Waals surface area contributed by atoms with Crippen LogP contribution >= 0.6 is 0 Å². The summed E-state index contributed by atoms with van der Waals surface area (Å²) in [5.41, 5.74) is 4.58. The van der Waals surface area contributed by atoms with Crippen molar-refractivity contribution in [3.05, 3.63) is 23.8 Å². The van der Waals surface area contributed by atoms with Crippen LogP contribution in [0.4, 0.5) is 14.5 Å². The molecule has 0 aromatic heterocycles. The molecule has 0 saturated heterocycles. The summed E-state index contributed by atoms with van der Waals surface area (Å²) in [7, 11) is -4.07. The molecule has 0 atom stereocenters. The van der Waals surface area contributed by atoms with Crippen molar-refractivity contribution in [1.29, 1.82) is 0 Å². The van der Waals surface area contributed by atoms with E-state index in [4.69, 9.17) is 5.73 Å². The third-order valence-electron chi connectivity index (χ3n) is 3.62. The summed E-state index contributed by atoms with van der Waals surface area (Å²) in [4.78, 5) is -0.643. The summed E-state index contributed by atoms with van der Waals surface area (Å²) in [6.45, 7) is 7.87. The zero-order valence-electron chi connectivity index (χ0n) is 12.0. The van der Waals surface area contributed by atoms with Gasteiger partial charge in [-0.25, -0.2) is 21.9 Å². The van der Waals surface area contributed by atoms with E-state index in [9.17, 15) is 17.2 Å². The van der Waals surface area contributed by atoms with E-state index < -0.39 is 32.2 Å². The van der Waals surface area contributed by atoms with Crippen LogP contribution in [-0.2, 0) is 10.0 Å². The Morgan fingerprint density at radius 3 is 2.30 bits per heavy atom. The second-order valence-electron chi connectivity index (χ2n) is 5.77. The smallest absolute Gasteiger partial charge is 0.243 e. The maximum Gasteiger partial charge on any atom is 0.243 e. The van der Waals surface area contributed by atoms with Gasteiger partial charge in [-0.15, -0.1) is 0 Å². The molecule has 7 heteroatoms. The Morgan fingerprint density at radius 1 is 1.25 bits per heavy atom. The molecule has 114 valence electrons. The van der Waals surface area contributed by atoms with Gasteiger partial charge in [0.2, 0.25) is 10.0 Å². The van der Waals surface area contributed by atoms with Crippen LogP contribution in [0.25, 0.3) is 0 Å². The number of nitrogens with two attached hydrogens (primary N) is 1. The zero-order valence-corrected chi connectivity index (χ0v) is 12.8. The highest BCUT2D eigenvalue weighted by molar-refractivity contribution is 7.89. The molecule has 0 aliphatic rings. The maximum atomic E-state index is 13.6. The van der Waals surface area contributed by atoms with Crippen LogP contribution in [0.15, 0.2) is 17.0 Å². The number of nitrogen functional groups attached to an aromatic ring is 1. The number of nitrogens with one attached hydrogen (secondary N) is 1. The Kier molecular flexibility index (Phi) is 4.76. The first-order valence-electron chi connectivity index (χ1n) is 6.21. The summed E-state index contributed by atoms with van der Waals surface area (Å²) in [5, 5.41) is 0. The van der Waals surface area contributed by atoms with E-state index in [-0.39, 0.29) is 17.9 Å². The van der Waals surface area contributed by atoms with Gasteiger partial charge in [0, 0.05) is 12.6 Å². The van der Waals surface area contributed by atoms with Crippen molar-refractivity contribution in [2.75, 3.05) is 12.3 Å². The van der Waals surface area contributed by atoms with E-state index >= 15 is 0 Å². The second kappa shape index (κ2) is 5.65. The number of anilines is 1. The molecule has 0 unspecified atom stereocenters. The molecule has 0 bridgehead atoms. The second-order valence-corrected chi connectivity index (χ2v) is 7.51. The number of halogens is 2. The zero-order chi connectivity index (χ0) is 15.7. The van der Waals surface area contributed by atoms with Crippen LogP contribution in [0.3, 0.4) is 0 Å². The molecule has 0 fully saturated rings. The molecule has 0 amide bonds. The Balaban J connectivity index is 3.04. The van der Waals surface area contributed by atoms with Gasteiger partial charge in [-0.2, -0.15) is 0 Å². The Morgan fingerprint density at radius 2 is 1.80 bits per heavy atom. The molecule has 3 N–H and O–H groups in total. The fourth-order valence-electron chi connectivity index (χ4n) is 1.31. The lowest BCUT2D eigenvalue weighted by Crippen LogP contribution is -2.37. The van der Waals surface area contributed by atoms with Crippen LogP contribution in [0.2, 0.25) is 0 Å². The summed E-state index contributed by atoms with van der Waals surface area (Å²) >= 11 is 0. The van der Waals surface area contributed by atoms with Gasteiger partial charge in [0.15, 0.2) is 0 Å². The van der Waals surface area contributed by atoms with Gasteiger partial charge in [-0.3, -0.25) is 0 Å². The average Bonchev–Trinajstić information content (AvgIpc) is 2.31. The van der Waals surface area contributed by atoms with Gasteiger partial charge < -0.3 is 5.73 Å². The molecular formula is C13H20F2N2O2S. The van der Waals surface area contributed by atoms with Crippen LogP contribution in [0.5, 0.6) is 0 Å². The Hall–Kier alpha value is -1.21. The van der Waals surface area contributed by atoms with Crippen LogP contribution in [0.1, 0.15) is 27.7 Å². The van der Waals surface area contributed by atoms with Gasteiger partial charge in [0.25, 0.3) is 0 Å². The summed E-state index contributed by atoms with van der Waals surface area (Å²) < 4.78 is 53.1. The molecule has 0 aliphatic carbocycles. The Labute approximate surface area is 118 Å². The van der Waals surface area contributed by atoms with E-state index in [0.717, 1.165) is 6.07 Å². The first kappa shape index (κ1) is 16.8. The van der Waals surface area contributed by atoms with Crippen LogP contribution in [-0.4, -0.2) is 15.0 Å². The third-order valence-corrected chi connectivity index (χ3v) is 5.04. The van der Waals surface area contributed by atoms with Crippen molar-refractivity contribution in [3.63, 3.8) is 0 Å². The van der Waals surface area contributed by atoms with Crippen molar-refractivity contribution in [1.82, 2.24) is 4.72 Å². The van der Waals surface area contributed by atoms with Crippen molar-refractivity contribution in [2.24, 2.45) is 11.3 Å². The summed E-state index contributed by atoms with van der Waals surface area (Å²) in [6, 6.07) is 1.26. The van der Waals surface area contributed by atoms with E-state index in [1.165, 1.54) is 0 Å². The highest BCUT2D eigenvalue weighted by Crippen LogP contribution is 2.26.